The van der Waals surface area contributed by atoms with Gasteiger partial charge in [0.15, 0.2) is 0 Å². The van der Waals surface area contributed by atoms with Gasteiger partial charge in [-0.15, -0.1) is 0 Å². The highest BCUT2D eigenvalue weighted by molar-refractivity contribution is 9.10. The van der Waals surface area contributed by atoms with E-state index in [1.807, 2.05) is 0 Å². The van der Waals surface area contributed by atoms with Crippen LogP contribution in [0.3, 0.4) is 0 Å². The lowest BCUT2D eigenvalue weighted by atomic mass is 10.1. The van der Waals surface area contributed by atoms with Gasteiger partial charge < -0.3 is 0 Å². The Hall–Kier alpha value is 0.220. The van der Waals surface area contributed by atoms with Crippen molar-refractivity contribution in [3.05, 3.63) is 12.2 Å². The van der Waals surface area contributed by atoms with E-state index in [2.05, 4.69) is 22.5 Å². The van der Waals surface area contributed by atoms with Crippen molar-refractivity contribution in [1.29, 1.82) is 0 Å². The third kappa shape index (κ3) is 0.590. The Kier molecular flexibility index (Phi) is 1.08. The maximum Gasteiger partial charge on any atom is 0.0451 e. The van der Waals surface area contributed by atoms with Crippen molar-refractivity contribution in [3.8, 4) is 0 Å². The van der Waals surface area contributed by atoms with Gasteiger partial charge in [-0.25, -0.2) is 0 Å². The fourth-order valence-corrected chi connectivity index (χ4v) is 3.10. The second-order valence-electron chi connectivity index (χ2n) is 3.25. The molecule has 0 N–H and O–H groups in total. The summed E-state index contributed by atoms with van der Waals surface area (Å²) in [5, 5.41) is 0. The Bertz CT molecular complexity index is 154. The second-order valence-corrected chi connectivity index (χ2v) is 4.17. The third-order valence-electron chi connectivity index (χ3n) is 2.84. The predicted octanol–water partition coefficient (Wildman–Crippen LogP) is 2.88. The zero-order chi connectivity index (χ0) is 6.48. The lowest BCUT2D eigenvalue weighted by Gasteiger charge is -2.00. The van der Waals surface area contributed by atoms with Crippen LogP contribution >= 0.6 is 15.9 Å². The number of hydrogen-bond acceptors (Lipinski definition) is 0. The summed E-state index contributed by atoms with van der Waals surface area (Å²) in [7, 11) is 0. The number of halogens is 1. The molecular formula is C8H11Br. The zero-order valence-electron chi connectivity index (χ0n) is 5.49. The number of allylic oxidation sites excluding steroid dienone is 1. The summed E-state index contributed by atoms with van der Waals surface area (Å²) in [6.07, 6.45) is 5.62. The summed E-state index contributed by atoms with van der Waals surface area (Å²) in [6, 6.07) is 0. The lowest BCUT2D eigenvalue weighted by molar-refractivity contribution is 0.572. The predicted molar refractivity (Wildman–Crippen MR) is 42.8 cm³/mol. The normalized spacial score (nSPS) is 37.9. The number of rotatable bonds is 0. The first-order valence-corrected chi connectivity index (χ1v) is 4.52. The van der Waals surface area contributed by atoms with Crippen LogP contribution in [0, 0.1) is 5.41 Å². The largest absolute Gasteiger partial charge is 0.0981 e. The average Bonchev–Trinajstić information content (AvgIpc) is 2.44. The van der Waals surface area contributed by atoms with Crippen LogP contribution in [0.25, 0.3) is 0 Å². The van der Waals surface area contributed by atoms with Gasteiger partial charge in [-0.05, 0) is 12.8 Å². The SMILES string of the molecule is C=C1C(Br)C12CCCC2. The van der Waals surface area contributed by atoms with Crippen LogP contribution in [0.4, 0.5) is 0 Å². The Morgan fingerprint density at radius 2 is 1.89 bits per heavy atom. The van der Waals surface area contributed by atoms with Crippen LogP contribution in [0.1, 0.15) is 25.7 Å². The van der Waals surface area contributed by atoms with E-state index in [0.717, 1.165) is 0 Å². The minimum absolute atomic E-state index is 0.583. The molecule has 1 atom stereocenters. The van der Waals surface area contributed by atoms with E-state index >= 15 is 0 Å². The smallest absolute Gasteiger partial charge is 0.0451 e. The van der Waals surface area contributed by atoms with E-state index < -0.39 is 0 Å². The van der Waals surface area contributed by atoms with E-state index in [-0.39, 0.29) is 0 Å². The van der Waals surface area contributed by atoms with Gasteiger partial charge in [0.1, 0.15) is 0 Å². The number of hydrogen-bond donors (Lipinski definition) is 0. The van der Waals surface area contributed by atoms with E-state index in [1.165, 1.54) is 31.3 Å². The highest BCUT2D eigenvalue weighted by Crippen LogP contribution is 2.65. The molecule has 2 aliphatic rings. The summed E-state index contributed by atoms with van der Waals surface area (Å²) < 4.78 is 0. The van der Waals surface area contributed by atoms with Crippen LogP contribution < -0.4 is 0 Å². The molecule has 0 aromatic rings. The van der Waals surface area contributed by atoms with Crippen molar-refractivity contribution in [1.82, 2.24) is 0 Å². The third-order valence-corrected chi connectivity index (χ3v) is 4.27. The monoisotopic (exact) mass is 186 g/mol. The molecule has 1 spiro atoms. The molecule has 2 saturated carbocycles. The van der Waals surface area contributed by atoms with E-state index in [9.17, 15) is 0 Å². The van der Waals surface area contributed by atoms with E-state index in [1.54, 1.807) is 0 Å². The fraction of sp³-hybridized carbons (Fsp3) is 0.750. The molecule has 2 rings (SSSR count). The van der Waals surface area contributed by atoms with Crippen molar-refractivity contribution in [2.45, 2.75) is 30.5 Å². The van der Waals surface area contributed by atoms with Crippen LogP contribution in [0.2, 0.25) is 0 Å². The standard InChI is InChI=1S/C8H11Br/c1-6-7(9)8(6)4-2-3-5-8/h7H,1-5H2. The van der Waals surface area contributed by atoms with Gasteiger partial charge in [-0.1, -0.05) is 40.9 Å². The van der Waals surface area contributed by atoms with Gasteiger partial charge >= 0.3 is 0 Å². The average molecular weight is 187 g/mol. The van der Waals surface area contributed by atoms with Gasteiger partial charge in [-0.2, -0.15) is 0 Å². The molecule has 50 valence electrons. The molecule has 0 nitrogen and oxygen atoms in total. The van der Waals surface area contributed by atoms with Crippen molar-refractivity contribution >= 4 is 15.9 Å². The molecule has 2 aliphatic carbocycles. The maximum absolute atomic E-state index is 4.04. The van der Waals surface area contributed by atoms with Crippen LogP contribution in [0.15, 0.2) is 12.2 Å². The summed E-state index contributed by atoms with van der Waals surface area (Å²) in [5.74, 6) is 0. The molecule has 0 heterocycles. The minimum atomic E-state index is 0.583. The molecule has 0 saturated heterocycles. The molecular weight excluding hydrogens is 176 g/mol. The highest BCUT2D eigenvalue weighted by Gasteiger charge is 2.57. The molecule has 2 fully saturated rings. The van der Waals surface area contributed by atoms with Crippen molar-refractivity contribution < 1.29 is 0 Å². The second kappa shape index (κ2) is 1.63. The van der Waals surface area contributed by atoms with Crippen LogP contribution in [0.5, 0.6) is 0 Å². The van der Waals surface area contributed by atoms with Crippen molar-refractivity contribution in [2.24, 2.45) is 5.41 Å². The van der Waals surface area contributed by atoms with Gasteiger partial charge in [0.05, 0.1) is 0 Å². The molecule has 0 amide bonds. The molecule has 0 aliphatic heterocycles. The molecule has 0 aromatic carbocycles. The quantitative estimate of drug-likeness (QED) is 0.404. The molecule has 0 radical (unpaired) electrons. The summed E-state index contributed by atoms with van der Waals surface area (Å²) in [4.78, 5) is 0.674. The maximum atomic E-state index is 4.04. The molecule has 9 heavy (non-hydrogen) atoms. The Morgan fingerprint density at radius 3 is 2.11 bits per heavy atom. The number of alkyl halides is 1. The Morgan fingerprint density at radius 1 is 1.44 bits per heavy atom. The van der Waals surface area contributed by atoms with Gasteiger partial charge in [0.25, 0.3) is 0 Å². The van der Waals surface area contributed by atoms with Gasteiger partial charge in [-0.3, -0.25) is 0 Å². The molecule has 1 unspecified atom stereocenters. The topological polar surface area (TPSA) is 0 Å². The van der Waals surface area contributed by atoms with Crippen molar-refractivity contribution in [3.63, 3.8) is 0 Å². The zero-order valence-corrected chi connectivity index (χ0v) is 7.08. The first kappa shape index (κ1) is 5.96. The first-order valence-electron chi connectivity index (χ1n) is 3.61. The van der Waals surface area contributed by atoms with Gasteiger partial charge in [0.2, 0.25) is 0 Å². The first-order chi connectivity index (χ1) is 4.27. The highest BCUT2D eigenvalue weighted by atomic mass is 79.9. The van der Waals surface area contributed by atoms with E-state index in [0.29, 0.717) is 10.2 Å². The molecule has 0 bridgehead atoms. The van der Waals surface area contributed by atoms with Crippen LogP contribution in [-0.4, -0.2) is 4.83 Å². The van der Waals surface area contributed by atoms with E-state index in [4.69, 9.17) is 0 Å². The summed E-state index contributed by atoms with van der Waals surface area (Å²) in [5.41, 5.74) is 2.04. The van der Waals surface area contributed by atoms with Gasteiger partial charge in [0, 0.05) is 10.2 Å². The Labute approximate surface area is 64.5 Å². The minimum Gasteiger partial charge on any atom is -0.0981 e. The van der Waals surface area contributed by atoms with Crippen LogP contribution in [-0.2, 0) is 0 Å². The molecule has 0 aromatic heterocycles. The molecule has 1 heteroatoms. The fourth-order valence-electron chi connectivity index (χ4n) is 2.03. The lowest BCUT2D eigenvalue weighted by Crippen LogP contribution is -1.93. The summed E-state index contributed by atoms with van der Waals surface area (Å²) in [6.45, 7) is 4.04. The Balaban J connectivity index is 2.20. The van der Waals surface area contributed by atoms with Crippen molar-refractivity contribution in [2.75, 3.05) is 0 Å². The summed E-state index contributed by atoms with van der Waals surface area (Å²) >= 11 is 3.63.